The van der Waals surface area contributed by atoms with Gasteiger partial charge in [-0.3, -0.25) is 9.89 Å². The summed E-state index contributed by atoms with van der Waals surface area (Å²) in [5.41, 5.74) is 6.88. The molecule has 0 bridgehead atoms. The van der Waals surface area contributed by atoms with Crippen molar-refractivity contribution in [1.29, 1.82) is 0 Å². The van der Waals surface area contributed by atoms with E-state index in [0.717, 1.165) is 5.69 Å². The standard InChI is InChI=1S/C15H26N4O2/c1-9(2)11-10(16)12(18-17-11)13(20)19-7-14(3,4)21-15(5,6)8-19/h9H,7-8,16H2,1-6H3,(H,17,18). The summed E-state index contributed by atoms with van der Waals surface area (Å²) in [6.45, 7) is 13.0. The topological polar surface area (TPSA) is 84.2 Å². The Morgan fingerprint density at radius 1 is 1.29 bits per heavy atom. The number of rotatable bonds is 2. The van der Waals surface area contributed by atoms with Crippen LogP contribution in [0.2, 0.25) is 0 Å². The molecule has 1 fully saturated rings. The molecule has 1 saturated heterocycles. The van der Waals surface area contributed by atoms with Crippen LogP contribution in [-0.2, 0) is 4.74 Å². The summed E-state index contributed by atoms with van der Waals surface area (Å²) < 4.78 is 6.00. The molecule has 0 spiro atoms. The smallest absolute Gasteiger partial charge is 0.276 e. The van der Waals surface area contributed by atoms with E-state index in [4.69, 9.17) is 10.5 Å². The molecule has 21 heavy (non-hydrogen) atoms. The predicted octanol–water partition coefficient (Wildman–Crippen LogP) is 2.14. The molecule has 1 aliphatic heterocycles. The van der Waals surface area contributed by atoms with Gasteiger partial charge in [0.05, 0.1) is 22.6 Å². The number of hydrogen-bond donors (Lipinski definition) is 2. The Morgan fingerprint density at radius 3 is 2.24 bits per heavy atom. The average molecular weight is 294 g/mol. The summed E-state index contributed by atoms with van der Waals surface area (Å²) in [5, 5.41) is 7.01. The Labute approximate surface area is 126 Å². The zero-order valence-corrected chi connectivity index (χ0v) is 13.8. The first-order valence-electron chi connectivity index (χ1n) is 7.35. The molecule has 6 heteroatoms. The largest absolute Gasteiger partial charge is 0.395 e. The number of morpholine rings is 1. The number of hydrogen-bond acceptors (Lipinski definition) is 4. The van der Waals surface area contributed by atoms with Crippen molar-refractivity contribution >= 4 is 11.6 Å². The first-order valence-corrected chi connectivity index (χ1v) is 7.35. The molecular weight excluding hydrogens is 268 g/mol. The number of nitrogen functional groups attached to an aromatic ring is 1. The number of anilines is 1. The van der Waals surface area contributed by atoms with Gasteiger partial charge < -0.3 is 15.4 Å². The zero-order chi connectivity index (χ0) is 16.0. The third kappa shape index (κ3) is 3.20. The molecule has 2 rings (SSSR count). The molecule has 1 aromatic rings. The molecule has 6 nitrogen and oxygen atoms in total. The number of carbonyl (C=O) groups is 1. The van der Waals surface area contributed by atoms with Gasteiger partial charge in [-0.05, 0) is 33.6 Å². The van der Waals surface area contributed by atoms with E-state index in [2.05, 4.69) is 10.2 Å². The number of H-pyrrole nitrogens is 1. The van der Waals surface area contributed by atoms with Crippen molar-refractivity contribution in [3.8, 4) is 0 Å². The van der Waals surface area contributed by atoms with Crippen LogP contribution < -0.4 is 5.73 Å². The minimum absolute atomic E-state index is 0.139. The second kappa shape index (κ2) is 5.02. The van der Waals surface area contributed by atoms with E-state index in [1.54, 1.807) is 4.90 Å². The highest BCUT2D eigenvalue weighted by Crippen LogP contribution is 2.30. The first kappa shape index (κ1) is 15.8. The van der Waals surface area contributed by atoms with E-state index >= 15 is 0 Å². The Kier molecular flexibility index (Phi) is 3.78. The highest BCUT2D eigenvalue weighted by Gasteiger charge is 2.41. The van der Waals surface area contributed by atoms with Gasteiger partial charge in [0.2, 0.25) is 0 Å². The second-order valence-electron chi connectivity index (χ2n) is 7.34. The Hall–Kier alpha value is -1.56. The Bertz CT molecular complexity index is 530. The summed E-state index contributed by atoms with van der Waals surface area (Å²) in [5.74, 6) is 0.0664. The number of carbonyl (C=O) groups excluding carboxylic acids is 1. The predicted molar refractivity (Wildman–Crippen MR) is 82.2 cm³/mol. The fourth-order valence-corrected chi connectivity index (χ4v) is 3.05. The molecule has 1 aliphatic rings. The minimum Gasteiger partial charge on any atom is -0.395 e. The summed E-state index contributed by atoms with van der Waals surface area (Å²) in [6, 6.07) is 0. The SMILES string of the molecule is CC(C)c1[nH]nc(C(=O)N2CC(C)(C)OC(C)(C)C2)c1N. The van der Waals surface area contributed by atoms with Crippen LogP contribution in [-0.4, -0.2) is 45.3 Å². The molecule has 0 atom stereocenters. The van der Waals surface area contributed by atoms with Gasteiger partial charge in [0.25, 0.3) is 5.91 Å². The minimum atomic E-state index is -0.386. The summed E-state index contributed by atoms with van der Waals surface area (Å²) >= 11 is 0. The van der Waals surface area contributed by atoms with Gasteiger partial charge in [0.1, 0.15) is 0 Å². The molecular formula is C15H26N4O2. The molecule has 1 aromatic heterocycles. The van der Waals surface area contributed by atoms with Crippen LogP contribution in [0.1, 0.15) is 63.6 Å². The number of ether oxygens (including phenoxy) is 1. The monoisotopic (exact) mass is 294 g/mol. The van der Waals surface area contributed by atoms with Gasteiger partial charge in [-0.2, -0.15) is 5.10 Å². The molecule has 2 heterocycles. The van der Waals surface area contributed by atoms with E-state index in [1.807, 2.05) is 41.5 Å². The summed E-state index contributed by atoms with van der Waals surface area (Å²) in [4.78, 5) is 14.5. The van der Waals surface area contributed by atoms with E-state index in [-0.39, 0.29) is 23.0 Å². The van der Waals surface area contributed by atoms with Crippen molar-refractivity contribution in [1.82, 2.24) is 15.1 Å². The van der Waals surface area contributed by atoms with Crippen LogP contribution in [0, 0.1) is 0 Å². The molecule has 0 saturated carbocycles. The quantitative estimate of drug-likeness (QED) is 0.875. The Morgan fingerprint density at radius 2 is 1.81 bits per heavy atom. The normalized spacial score (nSPS) is 20.8. The van der Waals surface area contributed by atoms with Crippen molar-refractivity contribution in [3.05, 3.63) is 11.4 Å². The van der Waals surface area contributed by atoms with E-state index in [0.29, 0.717) is 24.5 Å². The van der Waals surface area contributed by atoms with Gasteiger partial charge in [0.15, 0.2) is 5.69 Å². The summed E-state index contributed by atoms with van der Waals surface area (Å²) in [7, 11) is 0. The average Bonchev–Trinajstić information content (AvgIpc) is 2.66. The van der Waals surface area contributed by atoms with Crippen molar-refractivity contribution in [2.24, 2.45) is 0 Å². The highest BCUT2D eigenvalue weighted by molar-refractivity contribution is 5.97. The third-order valence-electron chi connectivity index (χ3n) is 3.60. The van der Waals surface area contributed by atoms with Gasteiger partial charge >= 0.3 is 0 Å². The lowest BCUT2D eigenvalue weighted by Gasteiger charge is -2.46. The van der Waals surface area contributed by atoms with Crippen molar-refractivity contribution in [3.63, 3.8) is 0 Å². The molecule has 3 N–H and O–H groups in total. The lowest BCUT2D eigenvalue weighted by molar-refractivity contribution is -0.171. The highest BCUT2D eigenvalue weighted by atomic mass is 16.5. The summed E-state index contributed by atoms with van der Waals surface area (Å²) in [6.07, 6.45) is 0. The Balaban J connectivity index is 2.28. The number of nitrogens with zero attached hydrogens (tertiary/aromatic N) is 2. The zero-order valence-electron chi connectivity index (χ0n) is 13.8. The third-order valence-corrected chi connectivity index (χ3v) is 3.60. The number of aromatic nitrogens is 2. The van der Waals surface area contributed by atoms with Crippen LogP contribution >= 0.6 is 0 Å². The number of aromatic amines is 1. The lowest BCUT2D eigenvalue weighted by atomic mass is 9.98. The maximum atomic E-state index is 12.7. The van der Waals surface area contributed by atoms with Crippen molar-refractivity contribution in [2.45, 2.75) is 58.7 Å². The maximum Gasteiger partial charge on any atom is 0.276 e. The van der Waals surface area contributed by atoms with Crippen LogP contribution in [0.15, 0.2) is 0 Å². The van der Waals surface area contributed by atoms with Gasteiger partial charge in [-0.15, -0.1) is 0 Å². The van der Waals surface area contributed by atoms with Crippen LogP contribution in [0.5, 0.6) is 0 Å². The van der Waals surface area contributed by atoms with Crippen molar-refractivity contribution < 1.29 is 9.53 Å². The van der Waals surface area contributed by atoms with E-state index in [9.17, 15) is 4.79 Å². The first-order chi connectivity index (χ1) is 9.52. The van der Waals surface area contributed by atoms with Crippen LogP contribution in [0.4, 0.5) is 5.69 Å². The number of nitrogens with one attached hydrogen (secondary N) is 1. The van der Waals surface area contributed by atoms with Crippen molar-refractivity contribution in [2.75, 3.05) is 18.8 Å². The van der Waals surface area contributed by atoms with Gasteiger partial charge in [0, 0.05) is 13.1 Å². The lowest BCUT2D eigenvalue weighted by Crippen LogP contribution is -2.58. The molecule has 0 radical (unpaired) electrons. The van der Waals surface area contributed by atoms with E-state index < -0.39 is 0 Å². The molecule has 118 valence electrons. The number of amides is 1. The van der Waals surface area contributed by atoms with Crippen LogP contribution in [0.3, 0.4) is 0 Å². The van der Waals surface area contributed by atoms with Crippen LogP contribution in [0.25, 0.3) is 0 Å². The fourth-order valence-electron chi connectivity index (χ4n) is 3.05. The van der Waals surface area contributed by atoms with E-state index in [1.165, 1.54) is 0 Å². The number of nitrogens with two attached hydrogens (primary N) is 1. The van der Waals surface area contributed by atoms with Gasteiger partial charge in [-0.25, -0.2) is 0 Å². The second-order valence-corrected chi connectivity index (χ2v) is 7.34. The fraction of sp³-hybridized carbons (Fsp3) is 0.733. The molecule has 0 aliphatic carbocycles. The van der Waals surface area contributed by atoms with Gasteiger partial charge in [-0.1, -0.05) is 13.8 Å². The molecule has 1 amide bonds. The molecule has 0 unspecified atom stereocenters. The maximum absolute atomic E-state index is 12.7. The molecule has 0 aromatic carbocycles.